The Morgan fingerprint density at radius 3 is 1.40 bits per heavy atom. The fraction of sp³-hybridized carbons (Fsp3) is 0.0833. The average molecular weight is 813 g/mol. The Kier molecular flexibility index (Phi) is 12.0. The van der Waals surface area contributed by atoms with E-state index in [4.69, 9.17) is 9.05 Å². The largest absolute Gasteiger partial charge is 0.323 e. The van der Waals surface area contributed by atoms with Gasteiger partial charge < -0.3 is 19.7 Å². The summed E-state index contributed by atoms with van der Waals surface area (Å²) in [6.07, 6.45) is 9.99. The molecule has 0 radical (unpaired) electrons. The van der Waals surface area contributed by atoms with Crippen LogP contribution in [0.2, 0.25) is 0 Å². The van der Waals surface area contributed by atoms with Gasteiger partial charge in [-0.2, -0.15) is 10.2 Å². The molecular weight excluding hydrogens is 772 g/mol. The van der Waals surface area contributed by atoms with E-state index in [0.29, 0.717) is 11.4 Å². The summed E-state index contributed by atoms with van der Waals surface area (Å²) < 4.78 is 27.1. The molecule has 0 aliphatic heterocycles. The lowest BCUT2D eigenvalue weighted by atomic mass is 9.99. The molecule has 0 atom stereocenters. The molecule has 0 aliphatic rings. The van der Waals surface area contributed by atoms with Crippen LogP contribution in [0.5, 0.6) is 0 Å². The number of fused-ring (bicyclic) bond motifs is 2. The van der Waals surface area contributed by atoms with Crippen LogP contribution in [0.15, 0.2) is 158 Å². The minimum absolute atomic E-state index is 0.0742. The Labute approximate surface area is 347 Å². The van der Waals surface area contributed by atoms with E-state index in [1.165, 1.54) is 12.2 Å². The summed E-state index contributed by atoms with van der Waals surface area (Å²) in [6, 6.07) is 42.8. The number of anilines is 2. The summed E-state index contributed by atoms with van der Waals surface area (Å²) in [5, 5.41) is 19.1. The number of carbonyl (C=O) groups is 2. The first kappa shape index (κ1) is 39.6. The van der Waals surface area contributed by atoms with E-state index < -0.39 is 8.25 Å². The normalized spacial score (nSPS) is 11.7. The molecule has 0 saturated heterocycles. The maximum atomic E-state index is 12.8. The third-order valence-electron chi connectivity index (χ3n) is 10.0. The molecule has 8 rings (SSSR count). The zero-order valence-electron chi connectivity index (χ0n) is 32.9. The molecule has 8 aromatic rings. The molecule has 298 valence electrons. The van der Waals surface area contributed by atoms with Crippen molar-refractivity contribution in [2.45, 2.75) is 13.2 Å². The summed E-state index contributed by atoms with van der Waals surface area (Å²) in [4.78, 5) is 25.7. The first-order valence-corrected chi connectivity index (χ1v) is 20.5. The highest BCUT2D eigenvalue weighted by Crippen LogP contribution is 2.33. The predicted octanol–water partition coefficient (Wildman–Crippen LogP) is 10.2. The number of amides is 2. The van der Waals surface area contributed by atoms with E-state index in [1.807, 2.05) is 59.9 Å². The number of hydrogen-bond donors (Lipinski definition) is 2. The van der Waals surface area contributed by atoms with Crippen molar-refractivity contribution in [3.05, 3.63) is 180 Å². The monoisotopic (exact) mass is 812 g/mol. The van der Waals surface area contributed by atoms with Crippen molar-refractivity contribution in [3.63, 3.8) is 0 Å². The lowest BCUT2D eigenvalue weighted by Gasteiger charge is -2.09. The highest BCUT2D eigenvalue weighted by Gasteiger charge is 2.14. The Morgan fingerprint density at radius 1 is 0.567 bits per heavy atom. The van der Waals surface area contributed by atoms with E-state index in [1.54, 1.807) is 73.1 Å². The van der Waals surface area contributed by atoms with Crippen molar-refractivity contribution in [2.24, 2.45) is 14.1 Å². The predicted molar refractivity (Wildman–Crippen MR) is 239 cm³/mol. The molecule has 0 spiro atoms. The molecule has 0 unspecified atom stereocenters. The summed E-state index contributed by atoms with van der Waals surface area (Å²) in [5.74, 6) is -0.574. The third kappa shape index (κ3) is 9.25. The van der Waals surface area contributed by atoms with Gasteiger partial charge in [0.15, 0.2) is 0 Å². The number of nitrogens with one attached hydrogen (secondary N) is 2. The second kappa shape index (κ2) is 18.2. The van der Waals surface area contributed by atoms with Crippen molar-refractivity contribution in [1.29, 1.82) is 0 Å². The lowest BCUT2D eigenvalue weighted by Crippen LogP contribution is -2.07. The van der Waals surface area contributed by atoms with Crippen LogP contribution in [-0.4, -0.2) is 31.4 Å². The van der Waals surface area contributed by atoms with Gasteiger partial charge in [-0.3, -0.25) is 23.5 Å². The van der Waals surface area contributed by atoms with Gasteiger partial charge in [0.1, 0.15) is 0 Å². The summed E-state index contributed by atoms with van der Waals surface area (Å²) in [6.45, 7) is 0.148. The Hall–Kier alpha value is -7.17. The third-order valence-corrected chi connectivity index (χ3v) is 10.8. The molecular formula is C48H41N6O5P. The van der Waals surface area contributed by atoms with E-state index in [0.717, 1.165) is 66.3 Å². The maximum Gasteiger partial charge on any atom is 0.319 e. The molecule has 2 aromatic heterocycles. The van der Waals surface area contributed by atoms with Crippen LogP contribution in [0.4, 0.5) is 11.4 Å². The van der Waals surface area contributed by atoms with Gasteiger partial charge in [-0.15, -0.1) is 0 Å². The second-order valence-electron chi connectivity index (χ2n) is 14.1. The van der Waals surface area contributed by atoms with Gasteiger partial charge in [0, 0.05) is 59.9 Å². The van der Waals surface area contributed by atoms with E-state index >= 15 is 0 Å². The first-order chi connectivity index (χ1) is 29.3. The summed E-state index contributed by atoms with van der Waals surface area (Å²) >= 11 is 0. The van der Waals surface area contributed by atoms with Crippen LogP contribution in [-0.2, 0) is 50.5 Å². The van der Waals surface area contributed by atoms with Crippen molar-refractivity contribution in [3.8, 4) is 22.5 Å². The summed E-state index contributed by atoms with van der Waals surface area (Å²) in [5.41, 5.74) is 8.30. The van der Waals surface area contributed by atoms with Crippen molar-refractivity contribution >= 4 is 65.1 Å². The van der Waals surface area contributed by atoms with Crippen molar-refractivity contribution < 1.29 is 23.2 Å². The average Bonchev–Trinajstić information content (AvgIpc) is 3.84. The van der Waals surface area contributed by atoms with E-state index in [-0.39, 0.29) is 25.0 Å². The topological polar surface area (TPSA) is 129 Å². The standard InChI is InChI=1S/C48H41N6O5P/c1-53-47(43-15-7-11-35-9-3-5-13-41(35)43)37(29-49-53)21-27-45(55)51-39-23-17-33(18-24-39)31-58-60(57)59-32-34-19-25-40(26-20-34)52-46(56)28-22-38-30-50-54(2)48(38)44-16-8-12-36-10-4-6-14-42(36)44/h3-30,60H,31-32H2,1-2H3,(H,51,55)(H,52,56)/b27-21+,28-22+. The molecule has 6 aromatic carbocycles. The van der Waals surface area contributed by atoms with Crippen LogP contribution in [0.1, 0.15) is 22.3 Å². The second-order valence-corrected chi connectivity index (χ2v) is 15.1. The van der Waals surface area contributed by atoms with Gasteiger partial charge in [0.2, 0.25) is 11.8 Å². The quantitative estimate of drug-likeness (QED) is 0.0826. The number of aromatic nitrogens is 4. The number of nitrogens with zero attached hydrogens (tertiary/aromatic N) is 4. The fourth-order valence-corrected chi connectivity index (χ4v) is 7.72. The number of aryl methyl sites for hydroxylation is 2. The molecule has 0 saturated carbocycles. The molecule has 0 aliphatic carbocycles. The van der Waals surface area contributed by atoms with Gasteiger partial charge >= 0.3 is 8.25 Å². The van der Waals surface area contributed by atoms with E-state index in [2.05, 4.69) is 69.4 Å². The van der Waals surface area contributed by atoms with Crippen LogP contribution in [0, 0.1) is 0 Å². The number of rotatable bonds is 14. The molecule has 60 heavy (non-hydrogen) atoms. The van der Waals surface area contributed by atoms with Crippen LogP contribution in [0.25, 0.3) is 56.2 Å². The maximum absolute atomic E-state index is 12.8. The van der Waals surface area contributed by atoms with Gasteiger partial charge in [-0.1, -0.05) is 109 Å². The zero-order valence-corrected chi connectivity index (χ0v) is 33.9. The Morgan fingerprint density at radius 2 is 0.967 bits per heavy atom. The van der Waals surface area contributed by atoms with Crippen LogP contribution in [0.3, 0.4) is 0 Å². The molecule has 11 nitrogen and oxygen atoms in total. The summed E-state index contributed by atoms with van der Waals surface area (Å²) in [7, 11) is 0.977. The molecule has 2 heterocycles. The van der Waals surface area contributed by atoms with Gasteiger partial charge in [0.05, 0.1) is 37.0 Å². The molecule has 12 heteroatoms. The highest BCUT2D eigenvalue weighted by molar-refractivity contribution is 7.33. The number of benzene rings is 6. The van der Waals surface area contributed by atoms with Crippen molar-refractivity contribution in [1.82, 2.24) is 19.6 Å². The molecule has 2 N–H and O–H groups in total. The smallest absolute Gasteiger partial charge is 0.319 e. The van der Waals surface area contributed by atoms with Crippen LogP contribution >= 0.6 is 8.25 Å². The van der Waals surface area contributed by atoms with E-state index in [9.17, 15) is 14.2 Å². The molecule has 2 amide bonds. The number of carbonyl (C=O) groups excluding carboxylic acids is 2. The minimum Gasteiger partial charge on any atom is -0.323 e. The Bertz CT molecular complexity index is 2710. The fourth-order valence-electron chi connectivity index (χ4n) is 7.07. The highest BCUT2D eigenvalue weighted by atomic mass is 31.1. The minimum atomic E-state index is -2.80. The van der Waals surface area contributed by atoms with Gasteiger partial charge in [0.25, 0.3) is 0 Å². The lowest BCUT2D eigenvalue weighted by molar-refractivity contribution is -0.112. The molecule has 0 bridgehead atoms. The first-order valence-electron chi connectivity index (χ1n) is 19.2. The van der Waals surface area contributed by atoms with Crippen LogP contribution < -0.4 is 10.6 Å². The zero-order chi connectivity index (χ0) is 41.4. The van der Waals surface area contributed by atoms with Gasteiger partial charge in [-0.25, -0.2) is 0 Å². The Balaban J connectivity index is 0.784. The SMILES string of the molecule is Cn1ncc(/C=C/C(=O)Nc2ccc(CO[PH](=O)OCc3ccc(NC(=O)/C=C/c4cnn(C)c4-c4cccc5ccccc45)cc3)cc2)c1-c1cccc2ccccc12. The number of hydrogen-bond acceptors (Lipinski definition) is 7. The molecule has 0 fully saturated rings. The van der Waals surface area contributed by atoms with Crippen molar-refractivity contribution in [2.75, 3.05) is 10.6 Å². The van der Waals surface area contributed by atoms with Gasteiger partial charge in [-0.05, 0) is 69.1 Å².